The number of aromatic nitrogens is 2. The third-order valence-electron chi connectivity index (χ3n) is 4.31. The van der Waals surface area contributed by atoms with Gasteiger partial charge < -0.3 is 9.32 Å². The van der Waals surface area contributed by atoms with E-state index in [0.717, 1.165) is 5.69 Å². The third kappa shape index (κ3) is 3.68. The molecule has 0 bridgehead atoms. The van der Waals surface area contributed by atoms with Gasteiger partial charge in [0.25, 0.3) is 0 Å². The van der Waals surface area contributed by atoms with E-state index in [-0.39, 0.29) is 30.1 Å². The van der Waals surface area contributed by atoms with Crippen LogP contribution in [0.25, 0.3) is 11.5 Å². The van der Waals surface area contributed by atoms with Crippen LogP contribution in [-0.2, 0) is 9.59 Å². The first kappa shape index (κ1) is 17.2. The monoisotopic (exact) mass is 382 g/mol. The molecular formula is C19H15ClN4O3. The molecule has 2 amide bonds. The predicted octanol–water partition coefficient (Wildman–Crippen LogP) is 3.38. The van der Waals surface area contributed by atoms with Crippen molar-refractivity contribution in [1.82, 2.24) is 10.2 Å². The second kappa shape index (κ2) is 7.20. The molecule has 27 heavy (non-hydrogen) atoms. The van der Waals surface area contributed by atoms with E-state index < -0.39 is 5.92 Å². The number of carbonyl (C=O) groups excluding carboxylic acids is 2. The zero-order valence-corrected chi connectivity index (χ0v) is 14.9. The maximum atomic E-state index is 12.5. The van der Waals surface area contributed by atoms with Crippen molar-refractivity contribution in [2.24, 2.45) is 5.92 Å². The van der Waals surface area contributed by atoms with Gasteiger partial charge in [-0.1, -0.05) is 34.9 Å². The lowest BCUT2D eigenvalue weighted by molar-refractivity contribution is -0.122. The van der Waals surface area contributed by atoms with Gasteiger partial charge in [-0.05, 0) is 36.4 Å². The van der Waals surface area contributed by atoms with Crippen LogP contribution in [0, 0.1) is 5.92 Å². The Balaban J connectivity index is 1.43. The number of nitrogens with one attached hydrogen (secondary N) is 1. The highest BCUT2D eigenvalue weighted by Gasteiger charge is 2.35. The number of hydrogen-bond donors (Lipinski definition) is 1. The van der Waals surface area contributed by atoms with Gasteiger partial charge in [-0.15, -0.1) is 5.10 Å². The van der Waals surface area contributed by atoms with Crippen LogP contribution in [0.4, 0.5) is 11.7 Å². The molecule has 1 aliphatic rings. The minimum Gasteiger partial charge on any atom is -0.403 e. The Bertz CT molecular complexity index is 972. The SMILES string of the molecule is O=C(Nc1nnc(-c2ccc(Cl)cc2)o1)C1CC(=O)N(c2ccccc2)C1. The van der Waals surface area contributed by atoms with Crippen molar-refractivity contribution in [2.75, 3.05) is 16.8 Å². The number of rotatable bonds is 4. The molecule has 1 aliphatic heterocycles. The fraction of sp³-hybridized carbons (Fsp3) is 0.158. The molecule has 0 aliphatic carbocycles. The topological polar surface area (TPSA) is 88.3 Å². The number of hydrogen-bond acceptors (Lipinski definition) is 5. The van der Waals surface area contributed by atoms with Crippen molar-refractivity contribution in [2.45, 2.75) is 6.42 Å². The van der Waals surface area contributed by atoms with E-state index in [0.29, 0.717) is 17.1 Å². The summed E-state index contributed by atoms with van der Waals surface area (Å²) in [6.45, 7) is 0.312. The average molecular weight is 383 g/mol. The summed E-state index contributed by atoms with van der Waals surface area (Å²) in [6, 6.07) is 16.2. The number of para-hydroxylation sites is 1. The largest absolute Gasteiger partial charge is 0.403 e. The number of amides is 2. The average Bonchev–Trinajstić information content (AvgIpc) is 3.30. The first-order chi connectivity index (χ1) is 13.1. The first-order valence-corrected chi connectivity index (χ1v) is 8.73. The summed E-state index contributed by atoms with van der Waals surface area (Å²) in [5.41, 5.74) is 1.47. The molecule has 0 radical (unpaired) electrons. The Morgan fingerprint density at radius 1 is 1.11 bits per heavy atom. The molecule has 3 aromatic rings. The van der Waals surface area contributed by atoms with Crippen molar-refractivity contribution in [1.29, 1.82) is 0 Å². The fourth-order valence-electron chi connectivity index (χ4n) is 2.93. The van der Waals surface area contributed by atoms with E-state index in [9.17, 15) is 9.59 Å². The summed E-state index contributed by atoms with van der Waals surface area (Å²) < 4.78 is 5.48. The van der Waals surface area contributed by atoms with Gasteiger partial charge in [-0.25, -0.2) is 0 Å². The van der Waals surface area contributed by atoms with E-state index in [4.69, 9.17) is 16.0 Å². The highest BCUT2D eigenvalue weighted by atomic mass is 35.5. The van der Waals surface area contributed by atoms with E-state index in [1.807, 2.05) is 30.3 Å². The molecular weight excluding hydrogens is 368 g/mol. The van der Waals surface area contributed by atoms with Crippen LogP contribution in [-0.4, -0.2) is 28.6 Å². The standard InChI is InChI=1S/C19H15ClN4O3/c20-14-8-6-12(7-9-14)18-22-23-19(27-18)21-17(26)13-10-16(25)24(11-13)15-4-2-1-3-5-15/h1-9,13H,10-11H2,(H,21,23,26). The lowest BCUT2D eigenvalue weighted by atomic mass is 10.1. The van der Waals surface area contributed by atoms with E-state index in [1.54, 1.807) is 29.2 Å². The van der Waals surface area contributed by atoms with Gasteiger partial charge >= 0.3 is 6.01 Å². The lowest BCUT2D eigenvalue weighted by Gasteiger charge is -2.16. The van der Waals surface area contributed by atoms with Crippen molar-refractivity contribution < 1.29 is 14.0 Å². The number of anilines is 2. The summed E-state index contributed by atoms with van der Waals surface area (Å²) in [6.07, 6.45) is 0.138. The van der Waals surface area contributed by atoms with Crippen LogP contribution >= 0.6 is 11.6 Å². The molecule has 1 unspecified atom stereocenters. The smallest absolute Gasteiger partial charge is 0.322 e. The Labute approximate surface area is 160 Å². The molecule has 4 rings (SSSR count). The number of carbonyl (C=O) groups is 2. The second-order valence-electron chi connectivity index (χ2n) is 6.15. The summed E-state index contributed by atoms with van der Waals surface area (Å²) in [7, 11) is 0. The van der Waals surface area contributed by atoms with Crippen LogP contribution in [0.2, 0.25) is 5.02 Å². The maximum Gasteiger partial charge on any atom is 0.322 e. The Morgan fingerprint density at radius 3 is 2.59 bits per heavy atom. The molecule has 136 valence electrons. The molecule has 8 heteroatoms. The summed E-state index contributed by atoms with van der Waals surface area (Å²) in [5.74, 6) is -0.624. The van der Waals surface area contributed by atoms with E-state index in [1.165, 1.54) is 0 Å². The lowest BCUT2D eigenvalue weighted by Crippen LogP contribution is -2.28. The van der Waals surface area contributed by atoms with Crippen molar-refractivity contribution in [3.63, 3.8) is 0 Å². The summed E-state index contributed by atoms with van der Waals surface area (Å²) >= 11 is 5.86. The molecule has 1 saturated heterocycles. The molecule has 0 spiro atoms. The summed E-state index contributed by atoms with van der Waals surface area (Å²) in [5, 5.41) is 11.0. The molecule has 2 aromatic carbocycles. The van der Waals surface area contributed by atoms with Crippen LogP contribution < -0.4 is 10.2 Å². The van der Waals surface area contributed by atoms with Crippen molar-refractivity contribution >= 4 is 35.1 Å². The molecule has 1 atom stereocenters. The quantitative estimate of drug-likeness (QED) is 0.747. The van der Waals surface area contributed by atoms with Gasteiger partial charge in [-0.2, -0.15) is 0 Å². The Morgan fingerprint density at radius 2 is 1.85 bits per heavy atom. The molecule has 2 heterocycles. The van der Waals surface area contributed by atoms with Crippen molar-refractivity contribution in [3.8, 4) is 11.5 Å². The highest BCUT2D eigenvalue weighted by Crippen LogP contribution is 2.26. The minimum atomic E-state index is -0.483. The molecule has 0 saturated carbocycles. The van der Waals surface area contributed by atoms with Gasteiger partial charge in [0, 0.05) is 29.2 Å². The zero-order valence-electron chi connectivity index (χ0n) is 14.1. The number of halogens is 1. The molecule has 1 aromatic heterocycles. The predicted molar refractivity (Wildman–Crippen MR) is 100 cm³/mol. The molecule has 1 N–H and O–H groups in total. The fourth-order valence-corrected chi connectivity index (χ4v) is 3.06. The third-order valence-corrected chi connectivity index (χ3v) is 4.56. The van der Waals surface area contributed by atoms with Crippen molar-refractivity contribution in [3.05, 3.63) is 59.6 Å². The second-order valence-corrected chi connectivity index (χ2v) is 6.59. The van der Waals surface area contributed by atoms with Crippen LogP contribution in [0.5, 0.6) is 0 Å². The van der Waals surface area contributed by atoms with Crippen LogP contribution in [0.1, 0.15) is 6.42 Å². The zero-order chi connectivity index (χ0) is 18.8. The van der Waals surface area contributed by atoms with Gasteiger partial charge in [0.2, 0.25) is 17.7 Å². The van der Waals surface area contributed by atoms with Gasteiger partial charge in [0.1, 0.15) is 0 Å². The molecule has 7 nitrogen and oxygen atoms in total. The summed E-state index contributed by atoms with van der Waals surface area (Å²) in [4.78, 5) is 26.3. The van der Waals surface area contributed by atoms with Gasteiger partial charge in [0.05, 0.1) is 5.92 Å². The van der Waals surface area contributed by atoms with E-state index in [2.05, 4.69) is 15.5 Å². The minimum absolute atomic E-state index is 0.00411. The van der Waals surface area contributed by atoms with Crippen LogP contribution in [0.3, 0.4) is 0 Å². The Hall–Kier alpha value is -3.19. The van der Waals surface area contributed by atoms with Crippen LogP contribution in [0.15, 0.2) is 59.0 Å². The van der Waals surface area contributed by atoms with Gasteiger partial charge in [-0.3, -0.25) is 14.9 Å². The maximum absolute atomic E-state index is 12.5. The van der Waals surface area contributed by atoms with E-state index >= 15 is 0 Å². The number of nitrogens with zero attached hydrogens (tertiary/aromatic N) is 3. The van der Waals surface area contributed by atoms with Gasteiger partial charge in [0.15, 0.2) is 0 Å². The molecule has 1 fully saturated rings. The number of benzene rings is 2. The highest BCUT2D eigenvalue weighted by molar-refractivity contribution is 6.30. The normalized spacial score (nSPS) is 16.6. The Kier molecular flexibility index (Phi) is 4.60. The first-order valence-electron chi connectivity index (χ1n) is 8.36.